The first-order valence-electron chi connectivity index (χ1n) is 40.8. The summed E-state index contributed by atoms with van der Waals surface area (Å²) >= 11 is 0. The molecule has 0 amide bonds. The highest BCUT2D eigenvalue weighted by Crippen LogP contribution is 2.45. The van der Waals surface area contributed by atoms with Gasteiger partial charge in [0.15, 0.2) is 12.2 Å². The molecule has 0 rings (SSSR count). The number of esters is 4. The maximum Gasteiger partial charge on any atom is 0.472 e. The van der Waals surface area contributed by atoms with Gasteiger partial charge in [-0.2, -0.15) is 0 Å². The Labute approximate surface area is 605 Å². The van der Waals surface area contributed by atoms with Crippen molar-refractivity contribution >= 4 is 39.5 Å². The van der Waals surface area contributed by atoms with Crippen molar-refractivity contribution in [1.29, 1.82) is 0 Å². The minimum atomic E-state index is -4.97. The van der Waals surface area contributed by atoms with E-state index in [9.17, 15) is 43.2 Å². The van der Waals surface area contributed by atoms with Gasteiger partial charge < -0.3 is 33.8 Å². The summed E-state index contributed by atoms with van der Waals surface area (Å²) in [6.45, 7) is 9.57. The van der Waals surface area contributed by atoms with E-state index >= 15 is 0 Å². The van der Waals surface area contributed by atoms with Crippen LogP contribution in [0.25, 0.3) is 0 Å². The van der Waals surface area contributed by atoms with Crippen LogP contribution in [0.1, 0.15) is 395 Å². The number of hydrogen-bond donors (Lipinski definition) is 3. The Kier molecular flexibility index (Phi) is 69.4. The Morgan fingerprint density at radius 2 is 0.545 bits per heavy atom. The predicted octanol–water partition coefficient (Wildman–Crippen LogP) is 23.4. The van der Waals surface area contributed by atoms with Crippen molar-refractivity contribution < 1.29 is 80.2 Å². The van der Waals surface area contributed by atoms with Crippen LogP contribution in [0.15, 0.2) is 24.3 Å². The fourth-order valence-electron chi connectivity index (χ4n) is 11.8. The molecule has 0 radical (unpaired) electrons. The van der Waals surface area contributed by atoms with Gasteiger partial charge in [0.25, 0.3) is 0 Å². The third kappa shape index (κ3) is 73.6. The fourth-order valence-corrected chi connectivity index (χ4v) is 13.4. The van der Waals surface area contributed by atoms with Crippen molar-refractivity contribution in [3.8, 4) is 0 Å². The summed E-state index contributed by atoms with van der Waals surface area (Å²) in [7, 11) is -9.93. The molecule has 0 heterocycles. The third-order valence-electron chi connectivity index (χ3n) is 18.1. The maximum atomic E-state index is 13.1. The van der Waals surface area contributed by atoms with Gasteiger partial charge in [-0.05, 0) is 63.2 Å². The quantitative estimate of drug-likeness (QED) is 0.0169. The first-order chi connectivity index (χ1) is 47.9. The molecule has 0 aliphatic heterocycles. The first kappa shape index (κ1) is 96.5. The Bertz CT molecular complexity index is 2000. The van der Waals surface area contributed by atoms with Gasteiger partial charge in [-0.25, -0.2) is 9.13 Å². The van der Waals surface area contributed by atoms with Crippen molar-refractivity contribution in [2.45, 2.75) is 413 Å². The Hall–Kier alpha value is -2.46. The normalized spacial score (nSPS) is 14.1. The second-order valence-corrected chi connectivity index (χ2v) is 32.0. The van der Waals surface area contributed by atoms with Crippen LogP contribution in [0.4, 0.5) is 0 Å². The molecule has 0 aliphatic rings. The zero-order valence-electron chi connectivity index (χ0n) is 64.3. The highest BCUT2D eigenvalue weighted by Gasteiger charge is 2.30. The molecule has 0 bridgehead atoms. The number of phosphoric ester groups is 2. The van der Waals surface area contributed by atoms with E-state index in [-0.39, 0.29) is 25.7 Å². The smallest absolute Gasteiger partial charge is 0.462 e. The summed E-state index contributed by atoms with van der Waals surface area (Å²) in [6, 6.07) is 0. The second-order valence-electron chi connectivity index (χ2n) is 29.1. The van der Waals surface area contributed by atoms with Crippen LogP contribution >= 0.6 is 15.6 Å². The largest absolute Gasteiger partial charge is 0.472 e. The molecule has 19 heteroatoms. The molecule has 17 nitrogen and oxygen atoms in total. The van der Waals surface area contributed by atoms with Crippen LogP contribution in [0.5, 0.6) is 0 Å². The van der Waals surface area contributed by atoms with Gasteiger partial charge in [-0.1, -0.05) is 342 Å². The molecule has 0 aromatic rings. The lowest BCUT2D eigenvalue weighted by atomic mass is 10.0. The van der Waals surface area contributed by atoms with Gasteiger partial charge in [0.1, 0.15) is 19.3 Å². The summed E-state index contributed by atoms with van der Waals surface area (Å²) in [5.41, 5.74) is 0. The molecule has 5 atom stereocenters. The number of carbonyl (C=O) groups excluding carboxylic acids is 4. The molecular formula is C80H152O17P2. The number of aliphatic hydroxyl groups is 1. The number of phosphoric acid groups is 2. The number of allylic oxidation sites excluding steroid dienone is 4. The molecule has 0 aromatic heterocycles. The Morgan fingerprint density at radius 1 is 0.313 bits per heavy atom. The van der Waals surface area contributed by atoms with Crippen LogP contribution in [0, 0.1) is 11.8 Å². The molecule has 99 heavy (non-hydrogen) atoms. The monoisotopic (exact) mass is 1450 g/mol. The van der Waals surface area contributed by atoms with Gasteiger partial charge in [0.2, 0.25) is 0 Å². The molecule has 0 spiro atoms. The zero-order valence-corrected chi connectivity index (χ0v) is 66.1. The fraction of sp³-hybridized carbons (Fsp3) is 0.900. The van der Waals surface area contributed by atoms with E-state index in [0.717, 1.165) is 121 Å². The summed E-state index contributed by atoms with van der Waals surface area (Å²) in [5.74, 6) is -0.572. The van der Waals surface area contributed by atoms with Crippen molar-refractivity contribution in [2.24, 2.45) is 11.8 Å². The molecule has 0 saturated carbocycles. The molecule has 584 valence electrons. The first-order valence-corrected chi connectivity index (χ1v) is 43.8. The average molecular weight is 1450 g/mol. The molecule has 0 fully saturated rings. The van der Waals surface area contributed by atoms with Gasteiger partial charge in [-0.15, -0.1) is 0 Å². The van der Waals surface area contributed by atoms with E-state index in [2.05, 4.69) is 65.8 Å². The summed E-state index contributed by atoms with van der Waals surface area (Å²) in [4.78, 5) is 72.9. The van der Waals surface area contributed by atoms with Crippen LogP contribution in [-0.2, 0) is 65.4 Å². The lowest BCUT2D eigenvalue weighted by molar-refractivity contribution is -0.161. The molecular weight excluding hydrogens is 1290 g/mol. The van der Waals surface area contributed by atoms with Crippen molar-refractivity contribution in [2.75, 3.05) is 39.6 Å². The minimum Gasteiger partial charge on any atom is -0.462 e. The zero-order chi connectivity index (χ0) is 72.8. The van der Waals surface area contributed by atoms with Crippen LogP contribution in [0.2, 0.25) is 0 Å². The van der Waals surface area contributed by atoms with Gasteiger partial charge in [0.05, 0.1) is 26.4 Å². The minimum absolute atomic E-state index is 0.101. The van der Waals surface area contributed by atoms with Crippen molar-refractivity contribution in [3.05, 3.63) is 24.3 Å². The summed E-state index contributed by atoms with van der Waals surface area (Å²) in [5, 5.41) is 10.6. The second kappa shape index (κ2) is 71.2. The van der Waals surface area contributed by atoms with E-state index in [0.29, 0.717) is 25.7 Å². The topological polar surface area (TPSA) is 237 Å². The predicted molar refractivity (Wildman–Crippen MR) is 404 cm³/mol. The van der Waals surface area contributed by atoms with E-state index in [1.54, 1.807) is 0 Å². The average Bonchev–Trinajstić information content (AvgIpc) is 0.955. The summed E-state index contributed by atoms with van der Waals surface area (Å²) in [6.07, 6.45) is 63.3. The Balaban J connectivity index is 5.25. The number of hydrogen-bond acceptors (Lipinski definition) is 15. The van der Waals surface area contributed by atoms with E-state index in [4.69, 9.17) is 37.0 Å². The van der Waals surface area contributed by atoms with Crippen LogP contribution < -0.4 is 0 Å². The summed E-state index contributed by atoms with van der Waals surface area (Å²) < 4.78 is 68.6. The molecule has 2 unspecified atom stereocenters. The lowest BCUT2D eigenvalue weighted by Crippen LogP contribution is -2.30. The Morgan fingerprint density at radius 3 is 0.828 bits per heavy atom. The number of rotatable bonds is 77. The van der Waals surface area contributed by atoms with E-state index in [1.807, 2.05) is 0 Å². The molecule has 0 saturated heterocycles. The maximum absolute atomic E-state index is 13.1. The number of unbranched alkanes of at least 4 members (excludes halogenated alkanes) is 44. The van der Waals surface area contributed by atoms with E-state index < -0.39 is 97.5 Å². The molecule has 3 N–H and O–H groups in total. The van der Waals surface area contributed by atoms with Crippen LogP contribution in [-0.4, -0.2) is 96.7 Å². The van der Waals surface area contributed by atoms with Gasteiger partial charge in [0, 0.05) is 25.7 Å². The highest BCUT2D eigenvalue weighted by molar-refractivity contribution is 7.47. The molecule has 0 aliphatic carbocycles. The van der Waals surface area contributed by atoms with Crippen LogP contribution in [0.3, 0.4) is 0 Å². The molecule has 0 aromatic carbocycles. The van der Waals surface area contributed by atoms with Crippen molar-refractivity contribution in [1.82, 2.24) is 0 Å². The lowest BCUT2D eigenvalue weighted by Gasteiger charge is -2.21. The third-order valence-corrected chi connectivity index (χ3v) is 20.0. The SMILES string of the molecule is CCCCCC/C=C\C=C/CCCCCCCC(=O)OC[C@H](COP(=O)(O)OC[C@@H](O)COP(=O)(O)OC[C@@H](COC(=O)CCCCCCCCCCCC)OC(=O)CCCCCCCCCCCCC(C)C)OC(=O)CCCCCCCCCCCCCCCCCCCCC(C)C. The number of ether oxygens (including phenoxy) is 4. The van der Waals surface area contributed by atoms with Gasteiger partial charge >= 0.3 is 39.5 Å². The number of carbonyl (C=O) groups is 4. The number of aliphatic hydroxyl groups excluding tert-OH is 1. The van der Waals surface area contributed by atoms with E-state index in [1.165, 1.54) is 193 Å². The van der Waals surface area contributed by atoms with Crippen molar-refractivity contribution in [3.63, 3.8) is 0 Å². The highest BCUT2D eigenvalue weighted by atomic mass is 31.2. The van der Waals surface area contributed by atoms with Gasteiger partial charge in [-0.3, -0.25) is 37.3 Å². The standard InChI is InChI=1S/C80H152O17P2/c1-7-9-11-13-15-17-19-20-25-29-32-39-45-51-57-63-78(83)91-69-76(96-79(84)64-58-52-46-40-33-30-27-24-22-21-23-26-28-31-36-42-48-54-60-72(3)4)71-95-99(88,89)93-67-74(81)66-92-98(86,87)94-70-75(68-90-77(82)62-56-50-44-38-18-16-14-12-10-8-2)97-80(85)65-59-53-47-41-35-34-37-43-49-55-61-73(5)6/h17,19-20,25,72-76,81H,7-16,18,21-24,26-71H2,1-6H3,(H,86,87)(H,88,89)/b19-17-,25-20-/t74-,75+,76+/m0/s1.